The van der Waals surface area contributed by atoms with E-state index in [0.717, 1.165) is 12.8 Å². The lowest BCUT2D eigenvalue weighted by Gasteiger charge is -2.18. The Hall–Kier alpha value is -1.93. The van der Waals surface area contributed by atoms with Crippen molar-refractivity contribution in [2.45, 2.75) is 31.3 Å². The van der Waals surface area contributed by atoms with Gasteiger partial charge in [-0.15, -0.1) is 0 Å². The van der Waals surface area contributed by atoms with Crippen LogP contribution in [0.2, 0.25) is 0 Å². The fraction of sp³-hybridized carbons (Fsp3) is 0.429. The number of carbonyl (C=O) groups is 1. The molecule has 2 fully saturated rings. The Morgan fingerprint density at radius 3 is 2.84 bits per heavy atom. The lowest BCUT2D eigenvalue weighted by Crippen LogP contribution is -2.39. The second-order valence-electron chi connectivity index (χ2n) is 5.02. The molecule has 1 atom stereocenters. The van der Waals surface area contributed by atoms with Gasteiger partial charge in [-0.05, 0) is 31.4 Å². The molecule has 1 aliphatic carbocycles. The van der Waals surface area contributed by atoms with Gasteiger partial charge in [-0.1, -0.05) is 6.07 Å². The molecule has 5 heteroatoms. The summed E-state index contributed by atoms with van der Waals surface area (Å²) in [4.78, 5) is 13.8. The van der Waals surface area contributed by atoms with Crippen LogP contribution in [0.25, 0.3) is 0 Å². The van der Waals surface area contributed by atoms with Crippen molar-refractivity contribution in [3.05, 3.63) is 29.6 Å². The van der Waals surface area contributed by atoms with Crippen LogP contribution in [0.4, 0.5) is 10.1 Å². The molecule has 0 aromatic heterocycles. The molecule has 1 N–H and O–H groups in total. The average Bonchev–Trinajstić information content (AvgIpc) is 3.14. The highest BCUT2D eigenvalue weighted by Crippen LogP contribution is 2.28. The van der Waals surface area contributed by atoms with Crippen LogP contribution in [0.5, 0.6) is 0 Å². The molecule has 1 aromatic rings. The molecule has 1 saturated heterocycles. The molecule has 98 valence electrons. The number of anilines is 1. The highest BCUT2D eigenvalue weighted by atomic mass is 19.1. The standard InChI is InChI=1S/C14H14FN3O/c15-11-2-1-3-13(10(11)8-16)18-7-6-12(14(18)19)17-9-4-5-9/h1-3,9,12,17H,4-7H2. The SMILES string of the molecule is N#Cc1c(F)cccc1N1CCC(NC2CC2)C1=O. The number of rotatable bonds is 3. The van der Waals surface area contributed by atoms with Gasteiger partial charge in [0.2, 0.25) is 5.91 Å². The van der Waals surface area contributed by atoms with E-state index in [-0.39, 0.29) is 17.5 Å². The zero-order valence-electron chi connectivity index (χ0n) is 10.4. The highest BCUT2D eigenvalue weighted by molar-refractivity contribution is 6.00. The summed E-state index contributed by atoms with van der Waals surface area (Å²) in [5.74, 6) is -0.639. The molecule has 1 amide bonds. The Morgan fingerprint density at radius 2 is 2.16 bits per heavy atom. The van der Waals surface area contributed by atoms with Crippen LogP contribution in [-0.2, 0) is 4.79 Å². The van der Waals surface area contributed by atoms with Crippen molar-refractivity contribution in [2.24, 2.45) is 0 Å². The first kappa shape index (κ1) is 12.1. The number of amides is 1. The maximum absolute atomic E-state index is 13.6. The lowest BCUT2D eigenvalue weighted by molar-refractivity contribution is -0.118. The Balaban J connectivity index is 1.85. The molecule has 1 unspecified atom stereocenters. The Kier molecular flexibility index (Phi) is 2.96. The van der Waals surface area contributed by atoms with Crippen molar-refractivity contribution in [3.8, 4) is 6.07 Å². The average molecular weight is 259 g/mol. The molecule has 1 saturated carbocycles. The minimum absolute atomic E-state index is 0.0529. The summed E-state index contributed by atoms with van der Waals surface area (Å²) >= 11 is 0. The van der Waals surface area contributed by atoms with E-state index < -0.39 is 5.82 Å². The van der Waals surface area contributed by atoms with Crippen LogP contribution in [0.1, 0.15) is 24.8 Å². The number of halogens is 1. The monoisotopic (exact) mass is 259 g/mol. The van der Waals surface area contributed by atoms with Crippen LogP contribution >= 0.6 is 0 Å². The van der Waals surface area contributed by atoms with Gasteiger partial charge in [0.15, 0.2) is 0 Å². The molecule has 0 bridgehead atoms. The fourth-order valence-corrected chi connectivity index (χ4v) is 2.46. The summed E-state index contributed by atoms with van der Waals surface area (Å²) in [5.41, 5.74) is 0.329. The van der Waals surface area contributed by atoms with E-state index in [1.165, 1.54) is 17.0 Å². The van der Waals surface area contributed by atoms with Gasteiger partial charge >= 0.3 is 0 Å². The first-order chi connectivity index (χ1) is 9.20. The van der Waals surface area contributed by atoms with Gasteiger partial charge in [0.05, 0.1) is 11.7 Å². The predicted octanol–water partition coefficient (Wildman–Crippen LogP) is 1.55. The summed E-state index contributed by atoms with van der Waals surface area (Å²) < 4.78 is 13.6. The molecule has 1 aromatic carbocycles. The van der Waals surface area contributed by atoms with E-state index in [4.69, 9.17) is 5.26 Å². The predicted molar refractivity (Wildman–Crippen MR) is 68.0 cm³/mol. The smallest absolute Gasteiger partial charge is 0.244 e. The molecular weight excluding hydrogens is 245 g/mol. The van der Waals surface area contributed by atoms with E-state index in [0.29, 0.717) is 24.7 Å². The van der Waals surface area contributed by atoms with Crippen molar-refractivity contribution in [1.29, 1.82) is 5.26 Å². The molecule has 19 heavy (non-hydrogen) atoms. The number of nitriles is 1. The fourth-order valence-electron chi connectivity index (χ4n) is 2.46. The maximum atomic E-state index is 13.6. The van der Waals surface area contributed by atoms with Crippen molar-refractivity contribution in [3.63, 3.8) is 0 Å². The van der Waals surface area contributed by atoms with Crippen LogP contribution < -0.4 is 10.2 Å². The van der Waals surface area contributed by atoms with Gasteiger partial charge in [-0.3, -0.25) is 4.79 Å². The third-order valence-electron chi connectivity index (χ3n) is 3.61. The molecule has 0 spiro atoms. The molecule has 1 aliphatic heterocycles. The van der Waals surface area contributed by atoms with Crippen LogP contribution in [0, 0.1) is 17.1 Å². The number of hydrogen-bond acceptors (Lipinski definition) is 3. The summed E-state index contributed by atoms with van der Waals surface area (Å²) in [7, 11) is 0. The van der Waals surface area contributed by atoms with Gasteiger partial charge in [0, 0.05) is 12.6 Å². The summed E-state index contributed by atoms with van der Waals surface area (Å²) in [6.45, 7) is 0.529. The maximum Gasteiger partial charge on any atom is 0.244 e. The van der Waals surface area contributed by atoms with Crippen molar-refractivity contribution >= 4 is 11.6 Å². The topological polar surface area (TPSA) is 56.1 Å². The van der Waals surface area contributed by atoms with E-state index >= 15 is 0 Å². The lowest BCUT2D eigenvalue weighted by atomic mass is 10.1. The number of benzene rings is 1. The normalized spacial score (nSPS) is 22.6. The van der Waals surface area contributed by atoms with Crippen LogP contribution in [0.15, 0.2) is 18.2 Å². The van der Waals surface area contributed by atoms with Crippen molar-refractivity contribution in [1.82, 2.24) is 5.32 Å². The van der Waals surface area contributed by atoms with E-state index in [9.17, 15) is 9.18 Å². The second kappa shape index (κ2) is 4.63. The minimum Gasteiger partial charge on any atom is -0.310 e. The summed E-state index contributed by atoms with van der Waals surface area (Å²) in [6.07, 6.45) is 2.94. The zero-order chi connectivity index (χ0) is 13.4. The third kappa shape index (κ3) is 2.20. The Labute approximate surface area is 110 Å². The summed E-state index contributed by atoms with van der Waals surface area (Å²) in [5, 5.41) is 12.3. The molecule has 4 nitrogen and oxygen atoms in total. The van der Waals surface area contributed by atoms with E-state index in [1.807, 2.05) is 6.07 Å². The molecule has 3 rings (SSSR count). The van der Waals surface area contributed by atoms with Gasteiger partial charge in [-0.25, -0.2) is 4.39 Å². The number of nitrogens with one attached hydrogen (secondary N) is 1. The Bertz CT molecular complexity index is 562. The van der Waals surface area contributed by atoms with Crippen LogP contribution in [0.3, 0.4) is 0 Å². The first-order valence-corrected chi connectivity index (χ1v) is 6.46. The van der Waals surface area contributed by atoms with Gasteiger partial charge in [0.1, 0.15) is 17.4 Å². The number of carbonyl (C=O) groups excluding carboxylic acids is 1. The van der Waals surface area contributed by atoms with E-state index in [1.54, 1.807) is 6.07 Å². The van der Waals surface area contributed by atoms with Gasteiger partial charge < -0.3 is 10.2 Å². The van der Waals surface area contributed by atoms with Crippen molar-refractivity contribution in [2.75, 3.05) is 11.4 Å². The van der Waals surface area contributed by atoms with Gasteiger partial charge in [-0.2, -0.15) is 5.26 Å². The quantitative estimate of drug-likeness (QED) is 0.896. The third-order valence-corrected chi connectivity index (χ3v) is 3.61. The second-order valence-corrected chi connectivity index (χ2v) is 5.02. The Morgan fingerprint density at radius 1 is 1.37 bits per heavy atom. The molecular formula is C14H14FN3O. The van der Waals surface area contributed by atoms with Crippen molar-refractivity contribution < 1.29 is 9.18 Å². The van der Waals surface area contributed by atoms with Crippen LogP contribution in [-0.4, -0.2) is 24.5 Å². The highest BCUT2D eigenvalue weighted by Gasteiger charge is 2.37. The molecule has 0 radical (unpaired) electrons. The minimum atomic E-state index is -0.577. The molecule has 1 heterocycles. The molecule has 2 aliphatic rings. The van der Waals surface area contributed by atoms with E-state index in [2.05, 4.69) is 5.32 Å². The largest absolute Gasteiger partial charge is 0.310 e. The number of nitrogens with zero attached hydrogens (tertiary/aromatic N) is 2. The summed E-state index contributed by atoms with van der Waals surface area (Å²) in [6, 6.07) is 6.49. The zero-order valence-corrected chi connectivity index (χ0v) is 10.4. The van der Waals surface area contributed by atoms with Gasteiger partial charge in [0.25, 0.3) is 0 Å². The first-order valence-electron chi connectivity index (χ1n) is 6.46. The number of hydrogen-bond donors (Lipinski definition) is 1.